The van der Waals surface area contributed by atoms with Crippen molar-refractivity contribution in [1.29, 1.82) is 0 Å². The highest BCUT2D eigenvalue weighted by Crippen LogP contribution is 2.28. The van der Waals surface area contributed by atoms with E-state index < -0.39 is 10.0 Å². The van der Waals surface area contributed by atoms with E-state index in [1.807, 2.05) is 0 Å². The van der Waals surface area contributed by atoms with Gasteiger partial charge < -0.3 is 0 Å². The molecule has 0 amide bonds. The van der Waals surface area contributed by atoms with Crippen molar-refractivity contribution in [1.82, 2.24) is 4.47 Å². The van der Waals surface area contributed by atoms with Gasteiger partial charge in [-0.25, -0.2) is 8.42 Å². The van der Waals surface area contributed by atoms with E-state index in [0.717, 1.165) is 32.1 Å². The molecule has 1 saturated carbocycles. The van der Waals surface area contributed by atoms with Crippen LogP contribution in [-0.4, -0.2) is 31.3 Å². The van der Waals surface area contributed by atoms with Crippen molar-refractivity contribution in [2.24, 2.45) is 0 Å². The van der Waals surface area contributed by atoms with Crippen LogP contribution in [0.25, 0.3) is 0 Å². The first-order valence-electron chi connectivity index (χ1n) is 4.86. The van der Waals surface area contributed by atoms with Crippen LogP contribution in [-0.2, 0) is 14.9 Å². The second-order valence-corrected chi connectivity index (χ2v) is 5.77. The lowest BCUT2D eigenvalue weighted by atomic mass is 10.4. The molecule has 1 heterocycles. The van der Waals surface area contributed by atoms with Crippen molar-refractivity contribution in [3.8, 4) is 0 Å². The monoisotopic (exact) mass is 205 g/mol. The average molecular weight is 205 g/mol. The fraction of sp³-hybridized carbons (Fsp3) is 1.00. The number of hydrogen-bond acceptors (Lipinski definition) is 3. The predicted molar refractivity (Wildman–Crippen MR) is 48.5 cm³/mol. The molecule has 76 valence electrons. The Bertz CT molecular complexity index is 241. The zero-order valence-electron chi connectivity index (χ0n) is 7.61. The van der Waals surface area contributed by atoms with Gasteiger partial charge in [-0.2, -0.15) is 0 Å². The second-order valence-electron chi connectivity index (χ2n) is 3.66. The van der Waals surface area contributed by atoms with Crippen LogP contribution >= 0.6 is 0 Å². The van der Waals surface area contributed by atoms with Gasteiger partial charge in [-0.15, -0.1) is 0 Å². The smallest absolute Gasteiger partial charge is 0.238 e. The normalized spacial score (nSPS) is 27.1. The maximum Gasteiger partial charge on any atom is 0.238 e. The highest BCUT2D eigenvalue weighted by molar-refractivity contribution is 7.89. The van der Waals surface area contributed by atoms with E-state index in [0.29, 0.717) is 13.2 Å². The summed E-state index contributed by atoms with van der Waals surface area (Å²) in [5.74, 6) is 0. The number of hydrogen-bond donors (Lipinski definition) is 0. The second kappa shape index (κ2) is 3.55. The van der Waals surface area contributed by atoms with Gasteiger partial charge in [-0.1, -0.05) is 17.3 Å². The predicted octanol–water partition coefficient (Wildman–Crippen LogP) is 0.896. The van der Waals surface area contributed by atoms with Crippen molar-refractivity contribution in [2.45, 2.75) is 37.4 Å². The van der Waals surface area contributed by atoms with Crippen LogP contribution in [0.4, 0.5) is 0 Å². The maximum atomic E-state index is 11.8. The highest BCUT2D eigenvalue weighted by atomic mass is 32.2. The largest absolute Gasteiger partial charge is 0.284 e. The average Bonchev–Trinajstić information content (AvgIpc) is 2.78. The summed E-state index contributed by atoms with van der Waals surface area (Å²) >= 11 is 0. The molecule has 0 radical (unpaired) electrons. The first-order chi connectivity index (χ1) is 6.21. The van der Waals surface area contributed by atoms with E-state index >= 15 is 0 Å². The van der Waals surface area contributed by atoms with Crippen molar-refractivity contribution in [2.75, 3.05) is 13.2 Å². The fourth-order valence-corrected chi connectivity index (χ4v) is 3.84. The van der Waals surface area contributed by atoms with Crippen molar-refractivity contribution >= 4 is 10.0 Å². The van der Waals surface area contributed by atoms with E-state index in [2.05, 4.69) is 0 Å². The Balaban J connectivity index is 2.09. The number of nitrogens with zero attached hydrogens (tertiary/aromatic N) is 1. The van der Waals surface area contributed by atoms with Gasteiger partial charge in [-0.05, 0) is 19.3 Å². The van der Waals surface area contributed by atoms with Crippen LogP contribution in [0.1, 0.15) is 32.1 Å². The molecule has 0 aromatic rings. The first kappa shape index (κ1) is 9.43. The summed E-state index contributed by atoms with van der Waals surface area (Å²) in [6.45, 7) is 1.09. The van der Waals surface area contributed by atoms with Crippen molar-refractivity contribution in [3.05, 3.63) is 0 Å². The van der Waals surface area contributed by atoms with E-state index in [9.17, 15) is 8.42 Å². The SMILES string of the molecule is O=S(=O)(C1CCCC1)N1CCCO1. The molecule has 13 heavy (non-hydrogen) atoms. The molecular weight excluding hydrogens is 190 g/mol. The molecule has 1 aliphatic heterocycles. The van der Waals surface area contributed by atoms with Gasteiger partial charge in [0.05, 0.1) is 11.9 Å². The number of hydroxylamine groups is 1. The summed E-state index contributed by atoms with van der Waals surface area (Å²) in [5, 5.41) is -0.175. The van der Waals surface area contributed by atoms with Gasteiger partial charge in [0.15, 0.2) is 0 Å². The zero-order valence-corrected chi connectivity index (χ0v) is 8.42. The molecule has 1 aliphatic carbocycles. The lowest BCUT2D eigenvalue weighted by Gasteiger charge is -2.18. The molecule has 5 heteroatoms. The summed E-state index contributed by atoms with van der Waals surface area (Å²) in [5.41, 5.74) is 0. The van der Waals surface area contributed by atoms with Crippen LogP contribution in [0.5, 0.6) is 0 Å². The molecule has 0 atom stereocenters. The van der Waals surface area contributed by atoms with Gasteiger partial charge in [0.25, 0.3) is 0 Å². The Hall–Kier alpha value is -0.130. The Morgan fingerprint density at radius 3 is 2.38 bits per heavy atom. The van der Waals surface area contributed by atoms with Crippen LogP contribution in [0.15, 0.2) is 0 Å². The molecule has 0 N–H and O–H groups in total. The molecule has 0 aromatic carbocycles. The molecule has 2 fully saturated rings. The minimum Gasteiger partial charge on any atom is -0.284 e. The fourth-order valence-electron chi connectivity index (χ4n) is 1.98. The summed E-state index contributed by atoms with van der Waals surface area (Å²) in [7, 11) is -3.13. The standard InChI is InChI=1S/C8H15NO3S/c10-13(11,8-4-1-2-5-8)9-6-3-7-12-9/h8H,1-7H2. The Kier molecular flexibility index (Phi) is 2.58. The highest BCUT2D eigenvalue weighted by Gasteiger charge is 2.36. The molecule has 2 rings (SSSR count). The quantitative estimate of drug-likeness (QED) is 0.672. The third-order valence-corrected chi connectivity index (χ3v) is 4.90. The van der Waals surface area contributed by atoms with E-state index in [1.165, 1.54) is 4.47 Å². The Morgan fingerprint density at radius 1 is 1.15 bits per heavy atom. The third kappa shape index (κ3) is 1.73. The van der Waals surface area contributed by atoms with Crippen molar-refractivity contribution in [3.63, 3.8) is 0 Å². The number of rotatable bonds is 2. The summed E-state index contributed by atoms with van der Waals surface area (Å²) < 4.78 is 24.9. The minimum atomic E-state index is -3.13. The van der Waals surface area contributed by atoms with Crippen LogP contribution in [0, 0.1) is 0 Å². The van der Waals surface area contributed by atoms with Crippen molar-refractivity contribution < 1.29 is 13.3 Å². The van der Waals surface area contributed by atoms with Gasteiger partial charge >= 0.3 is 0 Å². The van der Waals surface area contributed by atoms with Crippen LogP contribution in [0.2, 0.25) is 0 Å². The van der Waals surface area contributed by atoms with Crippen LogP contribution in [0.3, 0.4) is 0 Å². The van der Waals surface area contributed by atoms with E-state index in [-0.39, 0.29) is 5.25 Å². The molecule has 2 aliphatic rings. The van der Waals surface area contributed by atoms with E-state index in [1.54, 1.807) is 0 Å². The van der Waals surface area contributed by atoms with Gasteiger partial charge in [-0.3, -0.25) is 4.84 Å². The molecule has 0 spiro atoms. The zero-order chi connectivity index (χ0) is 9.31. The molecule has 4 nitrogen and oxygen atoms in total. The molecular formula is C8H15NO3S. The minimum absolute atomic E-state index is 0.175. The first-order valence-corrected chi connectivity index (χ1v) is 6.36. The Labute approximate surface area is 78.9 Å². The summed E-state index contributed by atoms with van der Waals surface area (Å²) in [6.07, 6.45) is 4.52. The van der Waals surface area contributed by atoms with Crippen LogP contribution < -0.4 is 0 Å². The third-order valence-electron chi connectivity index (χ3n) is 2.73. The number of sulfonamides is 1. The lowest BCUT2D eigenvalue weighted by molar-refractivity contribution is -0.0293. The lowest BCUT2D eigenvalue weighted by Crippen LogP contribution is -2.34. The van der Waals surface area contributed by atoms with E-state index in [4.69, 9.17) is 4.84 Å². The maximum absolute atomic E-state index is 11.8. The molecule has 0 unspecified atom stereocenters. The molecule has 1 saturated heterocycles. The van der Waals surface area contributed by atoms with Gasteiger partial charge in [0.1, 0.15) is 0 Å². The Morgan fingerprint density at radius 2 is 1.85 bits per heavy atom. The van der Waals surface area contributed by atoms with Gasteiger partial charge in [0, 0.05) is 6.54 Å². The molecule has 0 aromatic heterocycles. The topological polar surface area (TPSA) is 46.6 Å². The molecule has 0 bridgehead atoms. The summed E-state index contributed by atoms with van der Waals surface area (Å²) in [6, 6.07) is 0. The van der Waals surface area contributed by atoms with Gasteiger partial charge in [0.2, 0.25) is 10.0 Å². The summed E-state index contributed by atoms with van der Waals surface area (Å²) in [4.78, 5) is 5.08.